The van der Waals surface area contributed by atoms with Crippen LogP contribution in [0.1, 0.15) is 58.8 Å². The Labute approximate surface area is 162 Å². The smallest absolute Gasteiger partial charge is 0.364 e. The van der Waals surface area contributed by atoms with E-state index in [1.54, 1.807) is 13.8 Å². The third kappa shape index (κ3) is 3.45. The van der Waals surface area contributed by atoms with Crippen LogP contribution in [0.5, 0.6) is 0 Å². The first kappa shape index (κ1) is 21.8. The summed E-state index contributed by atoms with van der Waals surface area (Å²) in [4.78, 5) is 12.8. The first-order chi connectivity index (χ1) is 12.6. The quantitative estimate of drug-likeness (QED) is 0.495. The van der Waals surface area contributed by atoms with Gasteiger partial charge >= 0.3 is 11.2 Å². The normalized spacial score (nSPS) is 36.4. The van der Waals surface area contributed by atoms with Crippen molar-refractivity contribution in [1.29, 1.82) is 0 Å². The summed E-state index contributed by atoms with van der Waals surface area (Å²) in [6.45, 7) is 2.73. The third-order valence-electron chi connectivity index (χ3n) is 7.09. The van der Waals surface area contributed by atoms with Gasteiger partial charge in [0.15, 0.2) is 16.3 Å². The van der Waals surface area contributed by atoms with E-state index in [1.807, 2.05) is 0 Å². The van der Waals surface area contributed by atoms with Crippen molar-refractivity contribution >= 4 is 16.1 Å². The molecule has 162 valence electrons. The van der Waals surface area contributed by atoms with E-state index >= 15 is 0 Å². The Morgan fingerprint density at radius 3 is 2.25 bits per heavy atom. The topological polar surface area (TPSA) is 104 Å². The molecule has 28 heavy (non-hydrogen) atoms. The monoisotopic (exact) mass is 427 g/mol. The second kappa shape index (κ2) is 6.57. The molecule has 0 aromatic carbocycles. The van der Waals surface area contributed by atoms with Crippen LogP contribution in [0.4, 0.5) is 13.2 Å². The van der Waals surface area contributed by atoms with E-state index < -0.39 is 57.0 Å². The molecule has 0 aromatic heterocycles. The highest BCUT2D eigenvalue weighted by Gasteiger charge is 2.64. The Kier molecular flexibility index (Phi) is 5.12. The van der Waals surface area contributed by atoms with Crippen molar-refractivity contribution in [2.75, 3.05) is 6.61 Å². The Balaban J connectivity index is 1.67. The number of hydrogen-bond donors (Lipinski definition) is 1. The molecule has 0 saturated heterocycles. The summed E-state index contributed by atoms with van der Waals surface area (Å²) < 4.78 is 76.4. The van der Waals surface area contributed by atoms with Gasteiger partial charge in [0.2, 0.25) is 0 Å². The van der Waals surface area contributed by atoms with E-state index in [-0.39, 0.29) is 11.8 Å². The summed E-state index contributed by atoms with van der Waals surface area (Å²) in [5.74, 6) is -0.0797. The third-order valence-corrected chi connectivity index (χ3v) is 8.02. The fourth-order valence-corrected chi connectivity index (χ4v) is 6.38. The molecule has 4 rings (SSSR count). The predicted molar refractivity (Wildman–Crippen MR) is 91.0 cm³/mol. The Morgan fingerprint density at radius 2 is 1.79 bits per heavy atom. The maximum atomic E-state index is 13.6. The fourth-order valence-electron chi connectivity index (χ4n) is 5.95. The molecule has 4 aliphatic rings. The number of hydrogen-bond acceptors (Lipinski definition) is 6. The van der Waals surface area contributed by atoms with Gasteiger partial charge in [-0.1, -0.05) is 0 Å². The van der Waals surface area contributed by atoms with Crippen molar-refractivity contribution in [2.45, 2.75) is 75.8 Å². The van der Waals surface area contributed by atoms with Gasteiger partial charge in [-0.15, -0.1) is 0 Å². The van der Waals surface area contributed by atoms with Gasteiger partial charge < -0.3 is 14.4 Å². The summed E-state index contributed by atoms with van der Waals surface area (Å²) in [5, 5.41) is 5.66. The molecule has 0 radical (unpaired) electrons. The van der Waals surface area contributed by atoms with E-state index in [1.165, 1.54) is 0 Å². The Bertz CT molecular complexity index is 731. The van der Waals surface area contributed by atoms with Crippen LogP contribution in [0.2, 0.25) is 0 Å². The Hall–Kier alpha value is -0.870. The van der Waals surface area contributed by atoms with Crippen molar-refractivity contribution in [1.82, 2.24) is 0 Å². The van der Waals surface area contributed by atoms with Gasteiger partial charge in [0.25, 0.3) is 0 Å². The van der Waals surface area contributed by atoms with Crippen LogP contribution < -0.4 is 0 Å². The van der Waals surface area contributed by atoms with E-state index in [0.29, 0.717) is 19.3 Å². The first-order valence-electron chi connectivity index (χ1n) is 9.49. The largest absolute Gasteiger partial charge is 0.743 e. The maximum Gasteiger partial charge on any atom is 0.364 e. The summed E-state index contributed by atoms with van der Waals surface area (Å²) >= 11 is 0. The second-order valence-electron chi connectivity index (χ2n) is 9.49. The first-order valence-corrected chi connectivity index (χ1v) is 10.9. The standard InChI is InChI=1S/C18H27F3O6S/c1-15(2,23)17-8-11-5-12(9-17)7-16(6-11,10-17)14(22)27-4-3-13(19)18(20,21)28(24,25)26/h11-13,23H,3-10H2,1-2H3,(H,24,25,26)/p-1. The van der Waals surface area contributed by atoms with Gasteiger partial charge in [-0.05, 0) is 64.2 Å². The van der Waals surface area contributed by atoms with Gasteiger partial charge in [0.1, 0.15) is 0 Å². The van der Waals surface area contributed by atoms with Gasteiger partial charge in [0, 0.05) is 11.8 Å². The maximum absolute atomic E-state index is 13.6. The van der Waals surface area contributed by atoms with Crippen LogP contribution in [0.25, 0.3) is 0 Å². The van der Waals surface area contributed by atoms with Crippen LogP contribution >= 0.6 is 0 Å². The van der Waals surface area contributed by atoms with Gasteiger partial charge in [-0.3, -0.25) is 4.79 Å². The minimum absolute atomic E-state index is 0.268. The molecule has 3 unspecified atom stereocenters. The second-order valence-corrected chi connectivity index (χ2v) is 10.9. The molecule has 0 heterocycles. The number of esters is 1. The summed E-state index contributed by atoms with van der Waals surface area (Å²) in [7, 11) is -6.14. The van der Waals surface area contributed by atoms with Crippen molar-refractivity contribution in [3.63, 3.8) is 0 Å². The molecule has 4 fully saturated rings. The average Bonchev–Trinajstić information content (AvgIpc) is 2.51. The number of carbonyl (C=O) groups is 1. The molecule has 10 heteroatoms. The average molecular weight is 427 g/mol. The molecule has 1 N–H and O–H groups in total. The van der Waals surface area contributed by atoms with Gasteiger partial charge in [-0.2, -0.15) is 8.78 Å². The molecule has 0 aliphatic heterocycles. The minimum Gasteiger partial charge on any atom is -0.743 e. The number of carbonyl (C=O) groups excluding carboxylic acids is 1. The van der Waals surface area contributed by atoms with Crippen molar-refractivity contribution < 1.29 is 40.8 Å². The van der Waals surface area contributed by atoms with Gasteiger partial charge in [0.05, 0.1) is 17.6 Å². The SMILES string of the molecule is CC(C)(O)C12CC3CC(CC(C(=O)OCCC(F)C(F)(F)S(=O)(=O)[O-])(C3)C1)C2. The van der Waals surface area contributed by atoms with Gasteiger partial charge in [-0.25, -0.2) is 12.8 Å². The zero-order valence-electron chi connectivity index (χ0n) is 15.9. The Morgan fingerprint density at radius 1 is 1.25 bits per heavy atom. The molecule has 0 spiro atoms. The number of alkyl halides is 3. The van der Waals surface area contributed by atoms with Crippen LogP contribution in [0.15, 0.2) is 0 Å². The summed E-state index contributed by atoms with van der Waals surface area (Å²) in [6.07, 6.45) is -0.104. The van der Waals surface area contributed by atoms with Crippen molar-refractivity contribution in [3.05, 3.63) is 0 Å². The number of rotatable bonds is 7. The highest BCUT2D eigenvalue weighted by Crippen LogP contribution is 2.68. The van der Waals surface area contributed by atoms with E-state index in [0.717, 1.165) is 19.3 Å². The molecule has 0 aromatic rings. The number of halogens is 3. The zero-order chi connectivity index (χ0) is 21.2. The highest BCUT2D eigenvalue weighted by molar-refractivity contribution is 7.86. The van der Waals surface area contributed by atoms with Crippen LogP contribution in [0.3, 0.4) is 0 Å². The van der Waals surface area contributed by atoms with Crippen LogP contribution in [-0.4, -0.2) is 47.7 Å². The van der Waals surface area contributed by atoms with Crippen molar-refractivity contribution in [3.8, 4) is 0 Å². The molecule has 4 aliphatic carbocycles. The molecule has 4 bridgehead atoms. The molecule has 3 atom stereocenters. The fraction of sp³-hybridized carbons (Fsp3) is 0.944. The molecular weight excluding hydrogens is 401 g/mol. The molecular formula is C18H26F3O6S-. The summed E-state index contributed by atoms with van der Waals surface area (Å²) in [5.41, 5.74) is -2.23. The summed E-state index contributed by atoms with van der Waals surface area (Å²) in [6, 6.07) is 0. The van der Waals surface area contributed by atoms with E-state index in [9.17, 15) is 36.0 Å². The molecule has 6 nitrogen and oxygen atoms in total. The predicted octanol–water partition coefficient (Wildman–Crippen LogP) is 2.75. The number of aliphatic hydroxyl groups is 1. The van der Waals surface area contributed by atoms with E-state index in [2.05, 4.69) is 0 Å². The lowest BCUT2D eigenvalue weighted by molar-refractivity contribution is -0.209. The lowest BCUT2D eigenvalue weighted by Gasteiger charge is -2.64. The zero-order valence-corrected chi connectivity index (χ0v) is 16.7. The molecule has 0 amide bonds. The molecule has 4 saturated carbocycles. The highest BCUT2D eigenvalue weighted by atomic mass is 32.2. The van der Waals surface area contributed by atoms with E-state index in [4.69, 9.17) is 4.74 Å². The minimum atomic E-state index is -6.14. The lowest BCUT2D eigenvalue weighted by Crippen LogP contribution is -2.61. The lowest BCUT2D eigenvalue weighted by atomic mass is 9.41. The van der Waals surface area contributed by atoms with Crippen LogP contribution in [0, 0.1) is 22.7 Å². The van der Waals surface area contributed by atoms with Crippen molar-refractivity contribution in [2.24, 2.45) is 22.7 Å². The van der Waals surface area contributed by atoms with Crippen LogP contribution in [-0.2, 0) is 19.6 Å². The number of ether oxygens (including phenoxy) is 1.